The molecular formula is C18H16FN3O2. The molecule has 0 fully saturated rings. The first kappa shape index (κ1) is 15.9. The monoisotopic (exact) mass is 325 g/mol. The number of amides is 1. The highest BCUT2D eigenvalue weighted by molar-refractivity contribution is 5.93. The van der Waals surface area contributed by atoms with Crippen LogP contribution in [-0.4, -0.2) is 20.8 Å². The lowest BCUT2D eigenvalue weighted by atomic mass is 10.1. The zero-order valence-electron chi connectivity index (χ0n) is 12.8. The Morgan fingerprint density at radius 3 is 2.79 bits per heavy atom. The van der Waals surface area contributed by atoms with Crippen molar-refractivity contribution in [1.82, 2.24) is 9.78 Å². The summed E-state index contributed by atoms with van der Waals surface area (Å²) in [4.78, 5) is 12.2. The van der Waals surface area contributed by atoms with E-state index in [1.165, 1.54) is 18.2 Å². The zero-order valence-corrected chi connectivity index (χ0v) is 12.8. The van der Waals surface area contributed by atoms with Crippen LogP contribution in [-0.2, 0) is 4.79 Å². The number of carbonyl (C=O) groups is 1. The van der Waals surface area contributed by atoms with Crippen molar-refractivity contribution >= 4 is 11.6 Å². The Balaban J connectivity index is 1.72. The summed E-state index contributed by atoms with van der Waals surface area (Å²) in [6.45, 7) is 0. The second kappa shape index (κ2) is 7.06. The molecule has 0 saturated heterocycles. The van der Waals surface area contributed by atoms with Crippen LogP contribution in [0.25, 0.3) is 5.69 Å². The van der Waals surface area contributed by atoms with Crippen molar-refractivity contribution in [2.75, 3.05) is 5.32 Å². The fourth-order valence-electron chi connectivity index (χ4n) is 2.40. The smallest absolute Gasteiger partial charge is 0.227 e. The number of nitrogens with one attached hydrogen (secondary N) is 1. The van der Waals surface area contributed by atoms with Gasteiger partial charge in [0.1, 0.15) is 5.82 Å². The molecule has 2 N–H and O–H groups in total. The molecule has 1 unspecified atom stereocenters. The first-order valence-electron chi connectivity index (χ1n) is 7.46. The Kier molecular flexibility index (Phi) is 4.67. The first-order valence-corrected chi connectivity index (χ1v) is 7.46. The molecule has 0 radical (unpaired) electrons. The molecule has 2 aromatic carbocycles. The topological polar surface area (TPSA) is 67.2 Å². The molecule has 0 aliphatic carbocycles. The number of hydrogen-bond acceptors (Lipinski definition) is 3. The number of aliphatic hydroxyl groups excluding tert-OH is 1. The number of halogens is 1. The third-order valence-electron chi connectivity index (χ3n) is 3.54. The number of benzene rings is 2. The molecule has 1 amide bonds. The van der Waals surface area contributed by atoms with Gasteiger partial charge in [0.05, 0.1) is 23.9 Å². The molecule has 0 aliphatic heterocycles. The highest BCUT2D eigenvalue weighted by atomic mass is 19.1. The molecule has 6 heteroatoms. The second-order valence-corrected chi connectivity index (χ2v) is 5.29. The van der Waals surface area contributed by atoms with Gasteiger partial charge in [0.2, 0.25) is 5.91 Å². The van der Waals surface area contributed by atoms with Gasteiger partial charge < -0.3 is 10.4 Å². The summed E-state index contributed by atoms with van der Waals surface area (Å²) in [5.74, 6) is -0.817. The van der Waals surface area contributed by atoms with Gasteiger partial charge in [-0.05, 0) is 35.9 Å². The quantitative estimate of drug-likeness (QED) is 0.757. The van der Waals surface area contributed by atoms with Gasteiger partial charge in [-0.1, -0.05) is 24.3 Å². The van der Waals surface area contributed by atoms with Crippen LogP contribution in [0.3, 0.4) is 0 Å². The van der Waals surface area contributed by atoms with Crippen molar-refractivity contribution in [3.8, 4) is 5.69 Å². The Bertz CT molecular complexity index is 834. The molecule has 1 aromatic heterocycles. The number of anilines is 1. The third kappa shape index (κ3) is 3.67. The van der Waals surface area contributed by atoms with E-state index in [4.69, 9.17) is 0 Å². The van der Waals surface area contributed by atoms with Crippen LogP contribution in [0.2, 0.25) is 0 Å². The van der Waals surface area contributed by atoms with Crippen LogP contribution in [0.1, 0.15) is 18.1 Å². The minimum absolute atomic E-state index is 0.170. The summed E-state index contributed by atoms with van der Waals surface area (Å²) in [5.41, 5.74) is 1.67. The van der Waals surface area contributed by atoms with Crippen LogP contribution in [0, 0.1) is 5.82 Å². The van der Waals surface area contributed by atoms with E-state index >= 15 is 0 Å². The maximum Gasteiger partial charge on any atom is 0.227 e. The minimum atomic E-state index is -1.07. The summed E-state index contributed by atoms with van der Waals surface area (Å²) < 4.78 is 14.8. The van der Waals surface area contributed by atoms with Gasteiger partial charge in [-0.3, -0.25) is 4.79 Å². The molecule has 0 saturated carbocycles. The summed E-state index contributed by atoms with van der Waals surface area (Å²) in [7, 11) is 0. The Hall–Kier alpha value is -2.99. The highest BCUT2D eigenvalue weighted by Crippen LogP contribution is 2.22. The molecule has 122 valence electrons. The van der Waals surface area contributed by atoms with Gasteiger partial charge in [-0.25, -0.2) is 9.07 Å². The van der Waals surface area contributed by atoms with E-state index in [9.17, 15) is 14.3 Å². The lowest BCUT2D eigenvalue weighted by Crippen LogP contribution is -2.17. The van der Waals surface area contributed by atoms with Crippen LogP contribution >= 0.6 is 0 Å². The van der Waals surface area contributed by atoms with Gasteiger partial charge in [0.15, 0.2) is 0 Å². The Labute approximate surface area is 138 Å². The molecule has 3 rings (SSSR count). The number of para-hydroxylation sites is 2. The maximum atomic E-state index is 13.2. The van der Waals surface area contributed by atoms with Gasteiger partial charge in [0, 0.05) is 12.4 Å². The number of aliphatic hydroxyl groups is 1. The molecule has 0 spiro atoms. The molecule has 0 aliphatic rings. The molecule has 24 heavy (non-hydrogen) atoms. The average molecular weight is 325 g/mol. The van der Waals surface area contributed by atoms with E-state index < -0.39 is 11.9 Å². The Morgan fingerprint density at radius 2 is 2.04 bits per heavy atom. The van der Waals surface area contributed by atoms with Crippen molar-refractivity contribution in [3.05, 3.63) is 78.4 Å². The van der Waals surface area contributed by atoms with Gasteiger partial charge >= 0.3 is 0 Å². The van der Waals surface area contributed by atoms with Gasteiger partial charge in [0.25, 0.3) is 0 Å². The van der Waals surface area contributed by atoms with Gasteiger partial charge in [-0.15, -0.1) is 0 Å². The number of nitrogens with zero attached hydrogens (tertiary/aromatic N) is 2. The molecule has 0 bridgehead atoms. The molecular weight excluding hydrogens is 309 g/mol. The SMILES string of the molecule is O=C(CC(O)c1cccc(F)c1)Nc1ccccc1-n1cccn1. The maximum absolute atomic E-state index is 13.2. The number of hydrogen-bond donors (Lipinski definition) is 2. The fraction of sp³-hybridized carbons (Fsp3) is 0.111. The van der Waals surface area contributed by atoms with Crippen LogP contribution in [0.5, 0.6) is 0 Å². The number of carbonyl (C=O) groups excluding carboxylic acids is 1. The predicted molar refractivity (Wildman–Crippen MR) is 88.2 cm³/mol. The van der Waals surface area contributed by atoms with Gasteiger partial charge in [-0.2, -0.15) is 5.10 Å². The lowest BCUT2D eigenvalue weighted by molar-refractivity contribution is -0.118. The summed E-state index contributed by atoms with van der Waals surface area (Å²) in [6.07, 6.45) is 2.17. The fourth-order valence-corrected chi connectivity index (χ4v) is 2.40. The van der Waals surface area contributed by atoms with Crippen molar-refractivity contribution in [2.45, 2.75) is 12.5 Å². The van der Waals surface area contributed by atoms with E-state index in [1.54, 1.807) is 41.3 Å². The highest BCUT2D eigenvalue weighted by Gasteiger charge is 2.15. The lowest BCUT2D eigenvalue weighted by Gasteiger charge is -2.14. The molecule has 1 atom stereocenters. The number of aromatic nitrogens is 2. The normalized spacial score (nSPS) is 11.9. The molecule has 5 nitrogen and oxygen atoms in total. The van der Waals surface area contributed by atoms with E-state index in [-0.39, 0.29) is 12.3 Å². The largest absolute Gasteiger partial charge is 0.388 e. The van der Waals surface area contributed by atoms with Crippen molar-refractivity contribution in [2.24, 2.45) is 0 Å². The zero-order chi connectivity index (χ0) is 16.9. The van der Waals surface area contributed by atoms with Crippen molar-refractivity contribution < 1.29 is 14.3 Å². The van der Waals surface area contributed by atoms with Crippen LogP contribution in [0.4, 0.5) is 10.1 Å². The van der Waals surface area contributed by atoms with E-state index in [2.05, 4.69) is 10.4 Å². The minimum Gasteiger partial charge on any atom is -0.388 e. The third-order valence-corrected chi connectivity index (χ3v) is 3.54. The van der Waals surface area contributed by atoms with E-state index in [1.807, 2.05) is 12.1 Å². The molecule has 1 heterocycles. The average Bonchev–Trinajstić information content (AvgIpc) is 3.09. The second-order valence-electron chi connectivity index (χ2n) is 5.29. The summed E-state index contributed by atoms with van der Waals surface area (Å²) in [6, 6.07) is 14.6. The van der Waals surface area contributed by atoms with E-state index in [0.29, 0.717) is 11.3 Å². The summed E-state index contributed by atoms with van der Waals surface area (Å²) in [5, 5.41) is 17.0. The first-order chi connectivity index (χ1) is 11.6. The van der Waals surface area contributed by atoms with Crippen molar-refractivity contribution in [3.63, 3.8) is 0 Å². The Morgan fingerprint density at radius 1 is 1.21 bits per heavy atom. The van der Waals surface area contributed by atoms with Crippen LogP contribution < -0.4 is 5.32 Å². The van der Waals surface area contributed by atoms with E-state index in [0.717, 1.165) is 5.69 Å². The molecule has 3 aromatic rings. The van der Waals surface area contributed by atoms with Crippen LogP contribution in [0.15, 0.2) is 67.0 Å². The summed E-state index contributed by atoms with van der Waals surface area (Å²) >= 11 is 0. The standard InChI is InChI=1S/C18H16FN3O2/c19-14-6-3-5-13(11-14)17(23)12-18(24)21-15-7-1-2-8-16(15)22-10-4-9-20-22/h1-11,17,23H,12H2,(H,21,24). The van der Waals surface area contributed by atoms with Crippen molar-refractivity contribution in [1.29, 1.82) is 0 Å². The predicted octanol–water partition coefficient (Wildman–Crippen LogP) is 3.07. The number of rotatable bonds is 5.